The minimum Gasteiger partial charge on any atom is -0.317 e. The van der Waals surface area contributed by atoms with Crippen molar-refractivity contribution in [2.24, 2.45) is 0 Å². The molecule has 2 aromatic carbocycles. The molecule has 0 saturated carbocycles. The second-order valence-electron chi connectivity index (χ2n) is 5.88. The maximum Gasteiger partial charge on any atom is 0.0171 e. The average Bonchev–Trinajstić information content (AvgIpc) is 2.84. The fourth-order valence-electron chi connectivity index (χ4n) is 3.73. The lowest BCUT2D eigenvalue weighted by molar-refractivity contribution is 0.378. The molecule has 0 atom stereocenters. The first kappa shape index (κ1) is 11.9. The van der Waals surface area contributed by atoms with E-state index in [2.05, 4.69) is 66.0 Å². The molecule has 1 aliphatic heterocycles. The Bertz CT molecular complexity index is 648. The van der Waals surface area contributed by atoms with Gasteiger partial charge in [-0.05, 0) is 48.2 Å². The topological polar surface area (TPSA) is 12.0 Å². The van der Waals surface area contributed by atoms with E-state index in [0.717, 1.165) is 13.1 Å². The lowest BCUT2D eigenvalue weighted by atomic mass is 9.75. The van der Waals surface area contributed by atoms with E-state index < -0.39 is 0 Å². The maximum atomic E-state index is 3.49. The van der Waals surface area contributed by atoms with Crippen molar-refractivity contribution in [3.8, 4) is 0 Å². The number of allylic oxidation sites excluding steroid dienone is 1. The summed E-state index contributed by atoms with van der Waals surface area (Å²) in [6.45, 7) is 2.24. The summed E-state index contributed by atoms with van der Waals surface area (Å²) in [5.74, 6) is 0. The molecule has 1 nitrogen and oxygen atoms in total. The normalized spacial score (nSPS) is 19.7. The smallest absolute Gasteiger partial charge is 0.0171 e. The summed E-state index contributed by atoms with van der Waals surface area (Å²) in [7, 11) is 0. The second-order valence-corrected chi connectivity index (χ2v) is 5.88. The Morgan fingerprint density at radius 1 is 0.800 bits per heavy atom. The van der Waals surface area contributed by atoms with Gasteiger partial charge in [0.1, 0.15) is 0 Å². The summed E-state index contributed by atoms with van der Waals surface area (Å²) >= 11 is 0. The van der Waals surface area contributed by atoms with Crippen molar-refractivity contribution in [3.05, 3.63) is 77.4 Å². The van der Waals surface area contributed by atoms with Gasteiger partial charge in [0.15, 0.2) is 0 Å². The van der Waals surface area contributed by atoms with Crippen LogP contribution in [0.1, 0.15) is 29.5 Å². The molecule has 100 valence electrons. The Balaban J connectivity index is 1.89. The predicted octanol–water partition coefficient (Wildman–Crippen LogP) is 3.75. The van der Waals surface area contributed by atoms with Gasteiger partial charge in [0.05, 0.1) is 0 Å². The van der Waals surface area contributed by atoms with Gasteiger partial charge in [-0.25, -0.2) is 0 Å². The number of piperidine rings is 1. The monoisotopic (exact) mass is 261 g/mol. The van der Waals surface area contributed by atoms with Gasteiger partial charge in [-0.15, -0.1) is 0 Å². The highest BCUT2D eigenvalue weighted by Crippen LogP contribution is 2.47. The zero-order valence-corrected chi connectivity index (χ0v) is 11.6. The molecule has 1 heteroatoms. The van der Waals surface area contributed by atoms with Gasteiger partial charge < -0.3 is 5.32 Å². The molecule has 1 saturated heterocycles. The van der Waals surface area contributed by atoms with Crippen LogP contribution < -0.4 is 5.32 Å². The number of nitrogens with one attached hydrogen (secondary N) is 1. The third kappa shape index (κ3) is 1.74. The highest BCUT2D eigenvalue weighted by Gasteiger charge is 2.38. The van der Waals surface area contributed by atoms with Crippen LogP contribution >= 0.6 is 0 Å². The zero-order chi connectivity index (χ0) is 13.4. The summed E-state index contributed by atoms with van der Waals surface area (Å²) in [6.07, 6.45) is 4.95. The minimum atomic E-state index is 0.257. The summed E-state index contributed by atoms with van der Waals surface area (Å²) < 4.78 is 0. The molecule has 1 fully saturated rings. The Hall–Kier alpha value is -1.86. The van der Waals surface area contributed by atoms with E-state index in [1.54, 1.807) is 0 Å². The highest BCUT2D eigenvalue weighted by molar-refractivity contribution is 5.87. The maximum absolute atomic E-state index is 3.49. The largest absolute Gasteiger partial charge is 0.317 e. The number of fused-ring (bicyclic) bond motifs is 2. The molecule has 1 aliphatic carbocycles. The number of rotatable bonds is 1. The molecular weight excluding hydrogens is 242 g/mol. The Labute approximate surface area is 120 Å². The van der Waals surface area contributed by atoms with E-state index in [0.29, 0.717) is 0 Å². The Morgan fingerprint density at radius 3 is 2.30 bits per heavy atom. The lowest BCUT2D eigenvalue weighted by Crippen LogP contribution is -2.37. The Morgan fingerprint density at radius 2 is 1.50 bits per heavy atom. The lowest BCUT2D eigenvalue weighted by Gasteiger charge is -2.33. The fourth-order valence-corrected chi connectivity index (χ4v) is 3.73. The van der Waals surface area contributed by atoms with Crippen LogP contribution in [-0.4, -0.2) is 13.1 Å². The van der Waals surface area contributed by atoms with Crippen molar-refractivity contribution >= 4 is 5.57 Å². The van der Waals surface area contributed by atoms with Gasteiger partial charge in [0, 0.05) is 5.41 Å². The third-order valence-electron chi connectivity index (χ3n) is 4.75. The number of benzene rings is 2. The van der Waals surface area contributed by atoms with Gasteiger partial charge in [-0.1, -0.05) is 60.7 Å². The number of hydrogen-bond donors (Lipinski definition) is 1. The first-order chi connectivity index (χ1) is 9.89. The average molecular weight is 261 g/mol. The first-order valence-electron chi connectivity index (χ1n) is 7.48. The van der Waals surface area contributed by atoms with Crippen molar-refractivity contribution in [2.75, 3.05) is 13.1 Å². The molecule has 0 radical (unpaired) electrons. The molecule has 0 bridgehead atoms. The molecule has 0 amide bonds. The second kappa shape index (κ2) is 4.60. The van der Waals surface area contributed by atoms with Crippen molar-refractivity contribution in [3.63, 3.8) is 0 Å². The SMILES string of the molecule is C1=C(c2ccccc2)c2ccccc2C12CCNCC2. The molecule has 0 aromatic heterocycles. The standard InChI is InChI=1S/C19H19N/c1-2-6-15(7-3-1)17-14-19(10-12-20-13-11-19)18-9-5-4-8-16(17)18/h1-9,14,20H,10-13H2. The van der Waals surface area contributed by atoms with E-state index in [4.69, 9.17) is 0 Å². The van der Waals surface area contributed by atoms with Crippen molar-refractivity contribution in [2.45, 2.75) is 18.3 Å². The summed E-state index contributed by atoms with van der Waals surface area (Å²) in [6, 6.07) is 19.8. The van der Waals surface area contributed by atoms with Gasteiger partial charge in [-0.3, -0.25) is 0 Å². The van der Waals surface area contributed by atoms with Crippen molar-refractivity contribution in [1.29, 1.82) is 0 Å². The molecule has 20 heavy (non-hydrogen) atoms. The predicted molar refractivity (Wildman–Crippen MR) is 83.7 cm³/mol. The van der Waals surface area contributed by atoms with E-state index >= 15 is 0 Å². The Kier molecular flexibility index (Phi) is 2.75. The first-order valence-corrected chi connectivity index (χ1v) is 7.48. The van der Waals surface area contributed by atoms with Crippen LogP contribution in [-0.2, 0) is 5.41 Å². The minimum absolute atomic E-state index is 0.257. The van der Waals surface area contributed by atoms with Gasteiger partial charge in [0.25, 0.3) is 0 Å². The molecular formula is C19H19N. The molecule has 4 rings (SSSR count). The quantitative estimate of drug-likeness (QED) is 0.824. The molecule has 1 spiro atoms. The van der Waals surface area contributed by atoms with Crippen LogP contribution in [0.3, 0.4) is 0 Å². The van der Waals surface area contributed by atoms with Crippen LogP contribution in [0.5, 0.6) is 0 Å². The van der Waals surface area contributed by atoms with Crippen LogP contribution in [0.25, 0.3) is 5.57 Å². The zero-order valence-electron chi connectivity index (χ0n) is 11.6. The number of hydrogen-bond acceptors (Lipinski definition) is 1. The van der Waals surface area contributed by atoms with Crippen LogP contribution in [0.2, 0.25) is 0 Å². The summed E-state index contributed by atoms with van der Waals surface area (Å²) in [5.41, 5.74) is 5.98. The van der Waals surface area contributed by atoms with Crippen LogP contribution in [0.4, 0.5) is 0 Å². The fraction of sp³-hybridized carbons (Fsp3) is 0.263. The van der Waals surface area contributed by atoms with Crippen LogP contribution in [0, 0.1) is 0 Å². The third-order valence-corrected chi connectivity index (χ3v) is 4.75. The molecule has 2 aliphatic rings. The van der Waals surface area contributed by atoms with E-state index in [9.17, 15) is 0 Å². The van der Waals surface area contributed by atoms with Crippen LogP contribution in [0.15, 0.2) is 60.7 Å². The van der Waals surface area contributed by atoms with Crippen molar-refractivity contribution < 1.29 is 0 Å². The molecule has 2 aromatic rings. The van der Waals surface area contributed by atoms with Crippen molar-refractivity contribution in [1.82, 2.24) is 5.32 Å². The van der Waals surface area contributed by atoms with Gasteiger partial charge >= 0.3 is 0 Å². The van der Waals surface area contributed by atoms with Gasteiger partial charge in [-0.2, -0.15) is 0 Å². The van der Waals surface area contributed by atoms with Gasteiger partial charge in [0.2, 0.25) is 0 Å². The van der Waals surface area contributed by atoms with E-state index in [-0.39, 0.29) is 5.41 Å². The summed E-state index contributed by atoms with van der Waals surface area (Å²) in [5, 5.41) is 3.49. The molecule has 1 N–H and O–H groups in total. The highest BCUT2D eigenvalue weighted by atomic mass is 14.9. The van der Waals surface area contributed by atoms with E-state index in [1.165, 1.54) is 35.1 Å². The molecule has 1 heterocycles. The molecule has 0 unspecified atom stereocenters. The van der Waals surface area contributed by atoms with E-state index in [1.807, 2.05) is 0 Å². The summed E-state index contributed by atoms with van der Waals surface area (Å²) in [4.78, 5) is 0.